The molecule has 0 atom stereocenters. The van der Waals surface area contributed by atoms with Crippen LogP contribution in [0.15, 0.2) is 42.5 Å². The summed E-state index contributed by atoms with van der Waals surface area (Å²) in [7, 11) is 1.23. The van der Waals surface area contributed by atoms with Gasteiger partial charge in [0, 0.05) is 5.56 Å². The zero-order valence-electron chi connectivity index (χ0n) is 13.6. The standard InChI is InChI=1S/C18H18FNO4/c1-11(2)24-14-7-4-12(5-8-14)17(21)20-16-10-13(18(22)23-3)6-9-15(16)19/h4-11H,1-3H3,(H,20,21). The number of methoxy groups -OCH3 is 1. The van der Waals surface area contributed by atoms with Crippen molar-refractivity contribution in [1.82, 2.24) is 0 Å². The molecule has 2 aromatic rings. The number of carbonyl (C=O) groups excluding carboxylic acids is 2. The number of esters is 1. The van der Waals surface area contributed by atoms with Crippen LogP contribution in [-0.2, 0) is 4.74 Å². The minimum atomic E-state index is -0.643. The minimum absolute atomic E-state index is 0.0276. The van der Waals surface area contributed by atoms with Crippen LogP contribution in [0.5, 0.6) is 5.75 Å². The number of nitrogens with one attached hydrogen (secondary N) is 1. The SMILES string of the molecule is COC(=O)c1ccc(F)c(NC(=O)c2ccc(OC(C)C)cc2)c1. The molecule has 0 aliphatic rings. The first-order valence-corrected chi connectivity index (χ1v) is 7.36. The number of anilines is 1. The highest BCUT2D eigenvalue weighted by molar-refractivity contribution is 6.05. The summed E-state index contributed by atoms with van der Waals surface area (Å²) in [6, 6.07) is 10.1. The maximum absolute atomic E-state index is 13.8. The molecule has 6 heteroatoms. The van der Waals surface area contributed by atoms with Crippen molar-refractivity contribution in [2.75, 3.05) is 12.4 Å². The molecule has 1 N–H and O–H groups in total. The third-order valence-corrected chi connectivity index (χ3v) is 3.12. The molecule has 0 aliphatic carbocycles. The summed E-state index contributed by atoms with van der Waals surface area (Å²) < 4.78 is 23.9. The number of hydrogen-bond donors (Lipinski definition) is 1. The van der Waals surface area contributed by atoms with Crippen LogP contribution < -0.4 is 10.1 Å². The van der Waals surface area contributed by atoms with E-state index in [0.29, 0.717) is 11.3 Å². The molecular weight excluding hydrogens is 313 g/mol. The third kappa shape index (κ3) is 4.32. The van der Waals surface area contributed by atoms with Gasteiger partial charge in [0.2, 0.25) is 0 Å². The highest BCUT2D eigenvalue weighted by Gasteiger charge is 2.13. The van der Waals surface area contributed by atoms with E-state index in [0.717, 1.165) is 6.07 Å². The monoisotopic (exact) mass is 331 g/mol. The van der Waals surface area contributed by atoms with Crippen molar-refractivity contribution in [2.45, 2.75) is 20.0 Å². The lowest BCUT2D eigenvalue weighted by molar-refractivity contribution is 0.0600. The fraction of sp³-hybridized carbons (Fsp3) is 0.222. The van der Waals surface area contributed by atoms with Crippen molar-refractivity contribution in [3.63, 3.8) is 0 Å². The van der Waals surface area contributed by atoms with E-state index in [1.807, 2.05) is 13.8 Å². The number of hydrogen-bond acceptors (Lipinski definition) is 4. The highest BCUT2D eigenvalue weighted by atomic mass is 19.1. The average Bonchev–Trinajstić information content (AvgIpc) is 2.56. The summed E-state index contributed by atoms with van der Waals surface area (Å²) in [6.07, 6.45) is 0.0276. The van der Waals surface area contributed by atoms with Gasteiger partial charge in [-0.2, -0.15) is 0 Å². The van der Waals surface area contributed by atoms with Crippen molar-refractivity contribution in [3.8, 4) is 5.75 Å². The Labute approximate surface area is 139 Å². The predicted octanol–water partition coefficient (Wildman–Crippen LogP) is 3.65. The second kappa shape index (κ2) is 7.59. The molecule has 0 saturated heterocycles. The molecule has 0 aliphatic heterocycles. The average molecular weight is 331 g/mol. The van der Waals surface area contributed by atoms with Gasteiger partial charge in [-0.05, 0) is 56.3 Å². The Morgan fingerprint density at radius 2 is 1.67 bits per heavy atom. The van der Waals surface area contributed by atoms with E-state index in [-0.39, 0.29) is 17.4 Å². The smallest absolute Gasteiger partial charge is 0.337 e. The molecule has 1 amide bonds. The van der Waals surface area contributed by atoms with E-state index >= 15 is 0 Å². The van der Waals surface area contributed by atoms with Gasteiger partial charge in [0.25, 0.3) is 5.91 Å². The number of rotatable bonds is 5. The summed E-state index contributed by atoms with van der Waals surface area (Å²) in [5.41, 5.74) is 0.397. The first-order chi connectivity index (χ1) is 11.4. The Morgan fingerprint density at radius 1 is 1.04 bits per heavy atom. The molecule has 0 radical (unpaired) electrons. The van der Waals surface area contributed by atoms with Gasteiger partial charge in [-0.1, -0.05) is 0 Å². The molecular formula is C18H18FNO4. The molecule has 126 valence electrons. The van der Waals surface area contributed by atoms with E-state index in [4.69, 9.17) is 4.74 Å². The Balaban J connectivity index is 2.15. The minimum Gasteiger partial charge on any atom is -0.491 e. The summed E-state index contributed by atoms with van der Waals surface area (Å²) >= 11 is 0. The quantitative estimate of drug-likeness (QED) is 0.849. The van der Waals surface area contributed by atoms with Gasteiger partial charge in [-0.3, -0.25) is 4.79 Å². The van der Waals surface area contributed by atoms with Crippen LogP contribution in [0, 0.1) is 5.82 Å². The number of ether oxygens (including phenoxy) is 2. The topological polar surface area (TPSA) is 64.6 Å². The predicted molar refractivity (Wildman–Crippen MR) is 87.9 cm³/mol. The summed E-state index contributed by atoms with van der Waals surface area (Å²) in [6.45, 7) is 3.80. The summed E-state index contributed by atoms with van der Waals surface area (Å²) in [5, 5.41) is 2.44. The lowest BCUT2D eigenvalue weighted by Crippen LogP contribution is -2.14. The van der Waals surface area contributed by atoms with Crippen molar-refractivity contribution in [1.29, 1.82) is 0 Å². The fourth-order valence-electron chi connectivity index (χ4n) is 2.02. The second-order valence-electron chi connectivity index (χ2n) is 5.33. The van der Waals surface area contributed by atoms with E-state index in [1.54, 1.807) is 24.3 Å². The van der Waals surface area contributed by atoms with Crippen LogP contribution in [-0.4, -0.2) is 25.1 Å². The van der Waals surface area contributed by atoms with Crippen molar-refractivity contribution < 1.29 is 23.5 Å². The van der Waals surface area contributed by atoms with Crippen molar-refractivity contribution >= 4 is 17.6 Å². The summed E-state index contributed by atoms with van der Waals surface area (Å²) in [5.74, 6) is -1.11. The van der Waals surface area contributed by atoms with Crippen LogP contribution >= 0.6 is 0 Å². The molecule has 0 heterocycles. The van der Waals surface area contributed by atoms with E-state index < -0.39 is 17.7 Å². The van der Waals surface area contributed by atoms with Gasteiger partial charge in [0.1, 0.15) is 11.6 Å². The van der Waals surface area contributed by atoms with E-state index in [2.05, 4.69) is 10.1 Å². The molecule has 0 spiro atoms. The third-order valence-electron chi connectivity index (χ3n) is 3.12. The van der Waals surface area contributed by atoms with Crippen molar-refractivity contribution in [2.24, 2.45) is 0 Å². The largest absolute Gasteiger partial charge is 0.491 e. The van der Waals surface area contributed by atoms with Gasteiger partial charge in [0.05, 0.1) is 24.5 Å². The molecule has 24 heavy (non-hydrogen) atoms. The molecule has 0 unspecified atom stereocenters. The first kappa shape index (κ1) is 17.5. The molecule has 0 bridgehead atoms. The molecule has 0 saturated carbocycles. The maximum atomic E-state index is 13.8. The summed E-state index contributed by atoms with van der Waals surface area (Å²) in [4.78, 5) is 23.7. The van der Waals surface area contributed by atoms with E-state index in [1.165, 1.54) is 19.2 Å². The van der Waals surface area contributed by atoms with Gasteiger partial charge in [-0.25, -0.2) is 9.18 Å². The molecule has 0 aromatic heterocycles. The molecule has 0 fully saturated rings. The number of halogens is 1. The van der Waals surface area contributed by atoms with Crippen LogP contribution in [0.2, 0.25) is 0 Å². The Bertz CT molecular complexity index is 741. The van der Waals surface area contributed by atoms with Crippen LogP contribution in [0.25, 0.3) is 0 Å². The highest BCUT2D eigenvalue weighted by Crippen LogP contribution is 2.19. The first-order valence-electron chi connectivity index (χ1n) is 7.36. The molecule has 2 rings (SSSR count). The molecule has 5 nitrogen and oxygen atoms in total. The number of amides is 1. The molecule has 2 aromatic carbocycles. The van der Waals surface area contributed by atoms with Crippen LogP contribution in [0.3, 0.4) is 0 Å². The van der Waals surface area contributed by atoms with Gasteiger partial charge in [-0.15, -0.1) is 0 Å². The van der Waals surface area contributed by atoms with Crippen LogP contribution in [0.4, 0.5) is 10.1 Å². The van der Waals surface area contributed by atoms with Crippen LogP contribution in [0.1, 0.15) is 34.6 Å². The van der Waals surface area contributed by atoms with Gasteiger partial charge >= 0.3 is 5.97 Å². The zero-order chi connectivity index (χ0) is 17.7. The maximum Gasteiger partial charge on any atom is 0.337 e. The zero-order valence-corrected chi connectivity index (χ0v) is 13.6. The number of carbonyl (C=O) groups is 2. The fourth-order valence-corrected chi connectivity index (χ4v) is 2.02. The lowest BCUT2D eigenvalue weighted by atomic mass is 10.1. The lowest BCUT2D eigenvalue weighted by Gasteiger charge is -2.11. The Morgan fingerprint density at radius 3 is 2.25 bits per heavy atom. The van der Waals surface area contributed by atoms with Gasteiger partial charge in [0.15, 0.2) is 0 Å². The van der Waals surface area contributed by atoms with Gasteiger partial charge < -0.3 is 14.8 Å². The Kier molecular flexibility index (Phi) is 5.52. The Hall–Kier alpha value is -2.89. The second-order valence-corrected chi connectivity index (χ2v) is 5.33. The van der Waals surface area contributed by atoms with Crippen molar-refractivity contribution in [3.05, 3.63) is 59.4 Å². The normalized spacial score (nSPS) is 10.4. The van der Waals surface area contributed by atoms with E-state index in [9.17, 15) is 14.0 Å². The number of benzene rings is 2.